The maximum atomic E-state index is 10.9. The van der Waals surface area contributed by atoms with Gasteiger partial charge in [0, 0.05) is 11.1 Å². The van der Waals surface area contributed by atoms with Crippen LogP contribution < -0.4 is 9.47 Å². The molecular weight excluding hydrogens is 216 g/mol. The smallest absolute Gasteiger partial charge is 0.172 e. The summed E-state index contributed by atoms with van der Waals surface area (Å²) in [6.07, 6.45) is 3.01. The topological polar surface area (TPSA) is 35.5 Å². The van der Waals surface area contributed by atoms with Crippen LogP contribution in [0.5, 0.6) is 11.5 Å². The second-order valence-electron chi connectivity index (χ2n) is 3.46. The van der Waals surface area contributed by atoms with E-state index < -0.39 is 0 Å². The van der Waals surface area contributed by atoms with Gasteiger partial charge in [0.05, 0.1) is 18.8 Å². The van der Waals surface area contributed by atoms with E-state index in [-0.39, 0.29) is 6.10 Å². The molecule has 2 rings (SSSR count). The molecule has 0 aliphatic heterocycles. The summed E-state index contributed by atoms with van der Waals surface area (Å²) in [6, 6.07) is 3.22. The number of aldehydes is 1. The summed E-state index contributed by atoms with van der Waals surface area (Å²) in [5.41, 5.74) is 0.436. The van der Waals surface area contributed by atoms with E-state index in [0.717, 1.165) is 19.1 Å². The molecule has 4 heteroatoms. The van der Waals surface area contributed by atoms with Gasteiger partial charge < -0.3 is 9.47 Å². The number of ether oxygens (including phenoxy) is 2. The van der Waals surface area contributed by atoms with Crippen LogP contribution in [-0.4, -0.2) is 19.5 Å². The Balaban J connectivity index is 2.40. The molecule has 0 saturated heterocycles. The lowest BCUT2D eigenvalue weighted by atomic mass is 10.2. The molecule has 1 aromatic carbocycles. The second-order valence-corrected chi connectivity index (χ2v) is 3.90. The highest BCUT2D eigenvalue weighted by molar-refractivity contribution is 6.31. The Morgan fingerprint density at radius 3 is 2.73 bits per heavy atom. The van der Waals surface area contributed by atoms with E-state index in [0.29, 0.717) is 22.1 Å². The fraction of sp³-hybridized carbons (Fsp3) is 0.364. The van der Waals surface area contributed by atoms with Gasteiger partial charge in [0.15, 0.2) is 17.8 Å². The molecule has 1 aliphatic carbocycles. The van der Waals surface area contributed by atoms with Gasteiger partial charge in [-0.3, -0.25) is 4.79 Å². The molecule has 0 amide bonds. The van der Waals surface area contributed by atoms with Gasteiger partial charge in [-0.1, -0.05) is 11.6 Å². The fourth-order valence-corrected chi connectivity index (χ4v) is 1.52. The molecule has 1 aliphatic rings. The maximum absolute atomic E-state index is 10.9. The van der Waals surface area contributed by atoms with Crippen molar-refractivity contribution in [2.24, 2.45) is 0 Å². The molecule has 1 aromatic rings. The van der Waals surface area contributed by atoms with Gasteiger partial charge in [0.25, 0.3) is 0 Å². The average molecular weight is 227 g/mol. The molecule has 3 nitrogen and oxygen atoms in total. The van der Waals surface area contributed by atoms with E-state index in [1.165, 1.54) is 7.11 Å². The van der Waals surface area contributed by atoms with Crippen LogP contribution in [0.1, 0.15) is 23.2 Å². The zero-order valence-corrected chi connectivity index (χ0v) is 9.08. The van der Waals surface area contributed by atoms with Gasteiger partial charge >= 0.3 is 0 Å². The predicted octanol–water partition coefficient (Wildman–Crippen LogP) is 2.70. The maximum Gasteiger partial charge on any atom is 0.172 e. The van der Waals surface area contributed by atoms with Crippen LogP contribution in [0.15, 0.2) is 12.1 Å². The first-order valence-electron chi connectivity index (χ1n) is 4.74. The lowest BCUT2D eigenvalue weighted by Gasteiger charge is -2.12. The van der Waals surface area contributed by atoms with Crippen LogP contribution in [0, 0.1) is 0 Å². The van der Waals surface area contributed by atoms with E-state index in [4.69, 9.17) is 21.1 Å². The summed E-state index contributed by atoms with van der Waals surface area (Å²) in [5.74, 6) is 1.01. The molecule has 0 bridgehead atoms. The molecule has 0 unspecified atom stereocenters. The Morgan fingerprint density at radius 2 is 2.20 bits per heavy atom. The monoisotopic (exact) mass is 226 g/mol. The van der Waals surface area contributed by atoms with Crippen molar-refractivity contribution in [3.8, 4) is 11.5 Å². The zero-order chi connectivity index (χ0) is 10.8. The standard InChI is InChI=1S/C11H11ClO3/c1-14-10-5-8(12)4-7(6-13)11(10)15-9-2-3-9/h4-6,9H,2-3H2,1H3. The lowest BCUT2D eigenvalue weighted by molar-refractivity contribution is 0.111. The van der Waals surface area contributed by atoms with Crippen molar-refractivity contribution in [1.82, 2.24) is 0 Å². The Hall–Kier alpha value is -1.22. The molecule has 1 saturated carbocycles. The van der Waals surface area contributed by atoms with Crippen LogP contribution >= 0.6 is 11.6 Å². The van der Waals surface area contributed by atoms with Gasteiger partial charge in [-0.25, -0.2) is 0 Å². The summed E-state index contributed by atoms with van der Waals surface area (Å²) >= 11 is 5.84. The fourth-order valence-electron chi connectivity index (χ4n) is 1.31. The van der Waals surface area contributed by atoms with E-state index in [1.807, 2.05) is 0 Å². The molecule has 80 valence electrons. The molecule has 0 spiro atoms. The van der Waals surface area contributed by atoms with Crippen LogP contribution in [-0.2, 0) is 0 Å². The number of benzene rings is 1. The number of rotatable bonds is 4. The Morgan fingerprint density at radius 1 is 1.47 bits per heavy atom. The SMILES string of the molecule is COc1cc(Cl)cc(C=O)c1OC1CC1. The van der Waals surface area contributed by atoms with Gasteiger partial charge in [-0.15, -0.1) is 0 Å². The molecule has 1 fully saturated rings. The minimum absolute atomic E-state index is 0.221. The number of halogens is 1. The third kappa shape index (κ3) is 2.23. The van der Waals surface area contributed by atoms with E-state index in [1.54, 1.807) is 12.1 Å². The first-order chi connectivity index (χ1) is 7.24. The minimum Gasteiger partial charge on any atom is -0.493 e. The van der Waals surface area contributed by atoms with Crippen molar-refractivity contribution in [2.75, 3.05) is 7.11 Å². The first-order valence-corrected chi connectivity index (χ1v) is 5.11. The van der Waals surface area contributed by atoms with Crippen LogP contribution in [0.25, 0.3) is 0 Å². The van der Waals surface area contributed by atoms with Crippen LogP contribution in [0.2, 0.25) is 5.02 Å². The second kappa shape index (κ2) is 4.11. The average Bonchev–Trinajstić information content (AvgIpc) is 3.03. The van der Waals surface area contributed by atoms with Gasteiger partial charge in [-0.05, 0) is 18.9 Å². The van der Waals surface area contributed by atoms with Crippen molar-refractivity contribution < 1.29 is 14.3 Å². The number of carbonyl (C=O) groups is 1. The van der Waals surface area contributed by atoms with Crippen LogP contribution in [0.3, 0.4) is 0 Å². The lowest BCUT2D eigenvalue weighted by Crippen LogP contribution is -2.02. The summed E-state index contributed by atoms with van der Waals surface area (Å²) in [6.45, 7) is 0. The zero-order valence-electron chi connectivity index (χ0n) is 8.33. The van der Waals surface area contributed by atoms with Gasteiger partial charge in [0.1, 0.15) is 0 Å². The summed E-state index contributed by atoms with van der Waals surface area (Å²) < 4.78 is 10.7. The van der Waals surface area contributed by atoms with E-state index >= 15 is 0 Å². The summed E-state index contributed by atoms with van der Waals surface area (Å²) in [4.78, 5) is 10.9. The minimum atomic E-state index is 0.221. The Labute approximate surface area is 92.9 Å². The van der Waals surface area contributed by atoms with Crippen molar-refractivity contribution in [3.05, 3.63) is 22.7 Å². The highest BCUT2D eigenvalue weighted by Crippen LogP contribution is 2.37. The molecule has 0 atom stereocenters. The normalized spacial score (nSPS) is 14.8. The quantitative estimate of drug-likeness (QED) is 0.741. The molecule has 0 heterocycles. The molecule has 15 heavy (non-hydrogen) atoms. The van der Waals surface area contributed by atoms with Gasteiger partial charge in [0.2, 0.25) is 0 Å². The summed E-state index contributed by atoms with van der Waals surface area (Å²) in [5, 5.41) is 0.470. The number of hydrogen-bond acceptors (Lipinski definition) is 3. The van der Waals surface area contributed by atoms with E-state index in [9.17, 15) is 4.79 Å². The van der Waals surface area contributed by atoms with Crippen molar-refractivity contribution >= 4 is 17.9 Å². The molecular formula is C11H11ClO3. The Bertz CT molecular complexity index is 386. The third-order valence-corrected chi connectivity index (χ3v) is 2.42. The highest BCUT2D eigenvalue weighted by Gasteiger charge is 2.26. The van der Waals surface area contributed by atoms with Crippen molar-refractivity contribution in [3.63, 3.8) is 0 Å². The number of hydrogen-bond donors (Lipinski definition) is 0. The largest absolute Gasteiger partial charge is 0.493 e. The molecule has 0 N–H and O–H groups in total. The van der Waals surface area contributed by atoms with Crippen molar-refractivity contribution in [2.45, 2.75) is 18.9 Å². The van der Waals surface area contributed by atoms with Crippen molar-refractivity contribution in [1.29, 1.82) is 0 Å². The third-order valence-electron chi connectivity index (χ3n) is 2.20. The van der Waals surface area contributed by atoms with E-state index in [2.05, 4.69) is 0 Å². The van der Waals surface area contributed by atoms with Gasteiger partial charge in [-0.2, -0.15) is 0 Å². The summed E-state index contributed by atoms with van der Waals surface area (Å²) in [7, 11) is 1.53. The number of methoxy groups -OCH3 is 1. The molecule has 0 radical (unpaired) electrons. The highest BCUT2D eigenvalue weighted by atomic mass is 35.5. The van der Waals surface area contributed by atoms with Crippen LogP contribution in [0.4, 0.5) is 0 Å². The number of carbonyl (C=O) groups excluding carboxylic acids is 1. The predicted molar refractivity (Wildman–Crippen MR) is 57.0 cm³/mol. The molecule has 0 aromatic heterocycles. The first kappa shape index (κ1) is 10.3. The Kier molecular flexibility index (Phi) is 2.82.